The van der Waals surface area contributed by atoms with Gasteiger partial charge in [-0.3, -0.25) is 0 Å². The van der Waals surface area contributed by atoms with Gasteiger partial charge in [0.15, 0.2) is 0 Å². The molecule has 0 fully saturated rings. The fourth-order valence-electron chi connectivity index (χ4n) is 2.51. The number of hydrogen-bond acceptors (Lipinski definition) is 0. The zero-order valence-electron chi connectivity index (χ0n) is 11.7. The zero-order chi connectivity index (χ0) is 14.4. The third kappa shape index (κ3) is 3.66. The molecule has 0 saturated carbocycles. The van der Waals surface area contributed by atoms with Crippen LogP contribution in [0.25, 0.3) is 0 Å². The average Bonchev–Trinajstić information content (AvgIpc) is 2.49. The lowest BCUT2D eigenvalue weighted by Gasteiger charge is -2.26. The Balaban J connectivity index is 2.16. The summed E-state index contributed by atoms with van der Waals surface area (Å²) in [6.45, 7) is 1.55. The first-order valence-corrected chi connectivity index (χ1v) is 7.10. The van der Waals surface area contributed by atoms with Gasteiger partial charge in [-0.15, -0.1) is 0 Å². The number of rotatable bonds is 6. The van der Waals surface area contributed by atoms with Crippen LogP contribution in [0.4, 0.5) is 8.78 Å². The molecule has 1 unspecified atom stereocenters. The van der Waals surface area contributed by atoms with E-state index in [0.717, 1.165) is 11.1 Å². The molecule has 2 aromatic rings. The molecular weight excluding hydrogens is 254 g/mol. The van der Waals surface area contributed by atoms with E-state index in [4.69, 9.17) is 0 Å². The number of alkyl halides is 2. The van der Waals surface area contributed by atoms with Crippen molar-refractivity contribution in [3.05, 3.63) is 71.8 Å². The van der Waals surface area contributed by atoms with Crippen LogP contribution in [-0.4, -0.2) is 5.92 Å². The maximum atomic E-state index is 14.2. The van der Waals surface area contributed by atoms with E-state index >= 15 is 0 Å². The van der Waals surface area contributed by atoms with Crippen molar-refractivity contribution in [1.82, 2.24) is 0 Å². The maximum absolute atomic E-state index is 14.2. The van der Waals surface area contributed by atoms with Crippen LogP contribution in [0.5, 0.6) is 0 Å². The molecule has 0 aliphatic rings. The first-order chi connectivity index (χ1) is 9.63. The highest BCUT2D eigenvalue weighted by Crippen LogP contribution is 2.39. The topological polar surface area (TPSA) is 0 Å². The molecule has 0 amide bonds. The smallest absolute Gasteiger partial charge is 0.206 e. The first kappa shape index (κ1) is 14.7. The molecule has 0 nitrogen and oxygen atoms in total. The predicted octanol–water partition coefficient (Wildman–Crippen LogP) is 5.45. The highest BCUT2D eigenvalue weighted by molar-refractivity contribution is 5.23. The van der Waals surface area contributed by atoms with Gasteiger partial charge in [-0.25, -0.2) is 8.78 Å². The lowest BCUT2D eigenvalue weighted by molar-refractivity contribution is -0.0337. The molecule has 106 valence electrons. The minimum Gasteiger partial charge on any atom is -0.206 e. The van der Waals surface area contributed by atoms with E-state index in [-0.39, 0.29) is 6.42 Å². The molecule has 0 radical (unpaired) electrons. The van der Waals surface area contributed by atoms with E-state index in [1.165, 1.54) is 0 Å². The first-order valence-electron chi connectivity index (χ1n) is 7.10. The van der Waals surface area contributed by atoms with Crippen molar-refractivity contribution in [3.63, 3.8) is 0 Å². The largest absolute Gasteiger partial charge is 0.254 e. The Bertz CT molecular complexity index is 505. The van der Waals surface area contributed by atoms with E-state index in [1.807, 2.05) is 48.5 Å². The highest BCUT2D eigenvalue weighted by Gasteiger charge is 2.37. The van der Waals surface area contributed by atoms with Crippen LogP contribution >= 0.6 is 0 Å². The van der Waals surface area contributed by atoms with Gasteiger partial charge in [-0.2, -0.15) is 0 Å². The zero-order valence-corrected chi connectivity index (χ0v) is 11.7. The summed E-state index contributed by atoms with van der Waals surface area (Å²) in [5, 5.41) is 0. The monoisotopic (exact) mass is 274 g/mol. The molecule has 0 saturated heterocycles. The molecule has 0 heterocycles. The third-order valence-electron chi connectivity index (χ3n) is 3.75. The maximum Gasteiger partial charge on any atom is 0.254 e. The summed E-state index contributed by atoms with van der Waals surface area (Å²) in [6, 6.07) is 19.0. The summed E-state index contributed by atoms with van der Waals surface area (Å²) in [6.07, 6.45) is 1.02. The van der Waals surface area contributed by atoms with Crippen molar-refractivity contribution < 1.29 is 8.78 Å². The van der Waals surface area contributed by atoms with Gasteiger partial charge in [0.1, 0.15) is 0 Å². The number of hydrogen-bond donors (Lipinski definition) is 0. The normalized spacial score (nSPS) is 13.2. The van der Waals surface area contributed by atoms with Crippen molar-refractivity contribution in [1.29, 1.82) is 0 Å². The third-order valence-corrected chi connectivity index (χ3v) is 3.75. The predicted molar refractivity (Wildman–Crippen MR) is 79.2 cm³/mol. The van der Waals surface area contributed by atoms with Crippen LogP contribution in [0, 0.1) is 0 Å². The Morgan fingerprint density at radius 1 is 0.900 bits per heavy atom. The van der Waals surface area contributed by atoms with Crippen molar-refractivity contribution in [2.75, 3.05) is 0 Å². The van der Waals surface area contributed by atoms with Crippen LogP contribution in [0.3, 0.4) is 0 Å². The summed E-state index contributed by atoms with van der Waals surface area (Å²) in [5.74, 6) is -3.37. The second kappa shape index (κ2) is 6.65. The Labute approximate surface area is 119 Å². The van der Waals surface area contributed by atoms with Gasteiger partial charge in [-0.05, 0) is 24.0 Å². The van der Waals surface area contributed by atoms with Gasteiger partial charge in [-0.1, -0.05) is 67.6 Å². The summed E-state index contributed by atoms with van der Waals surface area (Å²) in [4.78, 5) is 0. The Morgan fingerprint density at radius 3 is 2.00 bits per heavy atom. The molecule has 0 N–H and O–H groups in total. The molecular formula is C18H20F2. The van der Waals surface area contributed by atoms with Gasteiger partial charge in [0.2, 0.25) is 0 Å². The van der Waals surface area contributed by atoms with Crippen LogP contribution in [0.15, 0.2) is 60.7 Å². The highest BCUT2D eigenvalue weighted by atomic mass is 19.3. The lowest BCUT2D eigenvalue weighted by atomic mass is 9.86. The minimum absolute atomic E-state index is 0.124. The number of aryl methyl sites for hydroxylation is 1. The molecule has 0 bridgehead atoms. The van der Waals surface area contributed by atoms with Gasteiger partial charge >= 0.3 is 0 Å². The van der Waals surface area contributed by atoms with E-state index < -0.39 is 11.8 Å². The molecule has 0 aliphatic heterocycles. The van der Waals surface area contributed by atoms with Gasteiger partial charge in [0.05, 0.1) is 0 Å². The average molecular weight is 274 g/mol. The lowest BCUT2D eigenvalue weighted by Crippen LogP contribution is -2.26. The molecule has 0 aromatic heterocycles. The molecule has 2 aromatic carbocycles. The van der Waals surface area contributed by atoms with E-state index in [1.54, 1.807) is 19.1 Å². The van der Waals surface area contributed by atoms with Crippen LogP contribution in [0.2, 0.25) is 0 Å². The second-order valence-electron chi connectivity index (χ2n) is 5.10. The SMILES string of the molecule is CCC(F)(F)C(CCc1ccccc1)c1ccccc1. The van der Waals surface area contributed by atoms with E-state index in [9.17, 15) is 8.78 Å². The molecule has 2 rings (SSSR count). The van der Waals surface area contributed by atoms with Gasteiger partial charge in [0.25, 0.3) is 5.92 Å². The fourth-order valence-corrected chi connectivity index (χ4v) is 2.51. The summed E-state index contributed by atoms with van der Waals surface area (Å²) >= 11 is 0. The fraction of sp³-hybridized carbons (Fsp3) is 0.333. The molecule has 0 aliphatic carbocycles. The van der Waals surface area contributed by atoms with Gasteiger partial charge in [0, 0.05) is 12.3 Å². The van der Waals surface area contributed by atoms with E-state index in [2.05, 4.69) is 0 Å². The number of halogens is 2. The second-order valence-corrected chi connectivity index (χ2v) is 5.10. The van der Waals surface area contributed by atoms with E-state index in [0.29, 0.717) is 12.8 Å². The van der Waals surface area contributed by atoms with Crippen molar-refractivity contribution in [2.24, 2.45) is 0 Å². The molecule has 20 heavy (non-hydrogen) atoms. The van der Waals surface area contributed by atoms with Crippen molar-refractivity contribution >= 4 is 0 Å². The minimum atomic E-state index is -2.66. The molecule has 1 atom stereocenters. The van der Waals surface area contributed by atoms with Crippen molar-refractivity contribution in [3.8, 4) is 0 Å². The standard InChI is InChI=1S/C18H20F2/c1-2-18(19,20)17(16-11-7-4-8-12-16)14-13-15-9-5-3-6-10-15/h3-12,17H,2,13-14H2,1H3. The van der Waals surface area contributed by atoms with Crippen LogP contribution < -0.4 is 0 Å². The molecule has 2 heteroatoms. The van der Waals surface area contributed by atoms with Crippen LogP contribution in [0.1, 0.15) is 36.8 Å². The Morgan fingerprint density at radius 2 is 1.45 bits per heavy atom. The number of benzene rings is 2. The quantitative estimate of drug-likeness (QED) is 0.657. The van der Waals surface area contributed by atoms with Gasteiger partial charge < -0.3 is 0 Å². The summed E-state index contributed by atoms with van der Waals surface area (Å²) < 4.78 is 28.4. The summed E-state index contributed by atoms with van der Waals surface area (Å²) in [7, 11) is 0. The Kier molecular flexibility index (Phi) is 4.89. The van der Waals surface area contributed by atoms with Crippen LogP contribution in [-0.2, 0) is 6.42 Å². The Hall–Kier alpha value is -1.70. The molecule has 0 spiro atoms. The van der Waals surface area contributed by atoms with Crippen molar-refractivity contribution in [2.45, 2.75) is 38.0 Å². The summed E-state index contributed by atoms with van der Waals surface area (Å²) in [5.41, 5.74) is 1.84.